The van der Waals surface area contributed by atoms with Gasteiger partial charge in [0.25, 0.3) is 0 Å². The third-order valence-corrected chi connectivity index (χ3v) is 4.69. The second kappa shape index (κ2) is 7.17. The number of hydrogen-bond donors (Lipinski definition) is 2. The van der Waals surface area contributed by atoms with Crippen LogP contribution in [-0.2, 0) is 11.3 Å². The summed E-state index contributed by atoms with van der Waals surface area (Å²) < 4.78 is 11.4. The van der Waals surface area contributed by atoms with Gasteiger partial charge >= 0.3 is 0 Å². The highest BCUT2D eigenvalue weighted by Crippen LogP contribution is 2.38. The molecular formula is C17H23ClN2O4. The van der Waals surface area contributed by atoms with E-state index in [1.807, 2.05) is 12.1 Å². The summed E-state index contributed by atoms with van der Waals surface area (Å²) in [5, 5.41) is 11.1. The summed E-state index contributed by atoms with van der Waals surface area (Å²) in [6.07, 6.45) is 2.23. The van der Waals surface area contributed by atoms with Crippen molar-refractivity contribution >= 4 is 17.5 Å². The number of rotatable bonds is 4. The molecule has 0 radical (unpaired) electrons. The van der Waals surface area contributed by atoms with Crippen LogP contribution in [0.3, 0.4) is 0 Å². The van der Waals surface area contributed by atoms with E-state index < -0.39 is 11.5 Å². The van der Waals surface area contributed by atoms with E-state index in [0.29, 0.717) is 49.2 Å². The lowest BCUT2D eigenvalue weighted by atomic mass is 9.89. The van der Waals surface area contributed by atoms with Crippen LogP contribution in [0.5, 0.6) is 11.5 Å². The third kappa shape index (κ3) is 4.12. The fraction of sp³-hybridized carbons (Fsp3) is 0.588. The monoisotopic (exact) mass is 354 g/mol. The van der Waals surface area contributed by atoms with Crippen LogP contribution < -0.4 is 15.2 Å². The maximum absolute atomic E-state index is 11.2. The number of nitrogens with zero attached hydrogens (tertiary/aromatic N) is 1. The number of β-amino-alcohol motifs (C(OH)–C–C–N with tert-alkyl or cyclic N) is 1. The lowest BCUT2D eigenvalue weighted by molar-refractivity contribution is -0.125. The summed E-state index contributed by atoms with van der Waals surface area (Å²) in [7, 11) is 0. The molecule has 132 valence electrons. The molecule has 2 heterocycles. The maximum atomic E-state index is 11.2. The molecule has 1 amide bonds. The zero-order chi connectivity index (χ0) is 17.2. The van der Waals surface area contributed by atoms with Crippen LogP contribution in [0.15, 0.2) is 12.1 Å². The molecule has 0 spiro atoms. The number of nitrogens with two attached hydrogens (primary N) is 1. The van der Waals surface area contributed by atoms with Crippen LogP contribution in [0, 0.1) is 0 Å². The number of carbonyl (C=O) groups excluding carboxylic acids is 1. The van der Waals surface area contributed by atoms with Crippen LogP contribution in [0.25, 0.3) is 0 Å². The Morgan fingerprint density at radius 1 is 1.33 bits per heavy atom. The summed E-state index contributed by atoms with van der Waals surface area (Å²) in [6.45, 7) is 3.10. The van der Waals surface area contributed by atoms with Gasteiger partial charge in [-0.05, 0) is 37.1 Å². The van der Waals surface area contributed by atoms with Gasteiger partial charge in [0.15, 0.2) is 11.5 Å². The van der Waals surface area contributed by atoms with Gasteiger partial charge in [0, 0.05) is 19.5 Å². The van der Waals surface area contributed by atoms with Gasteiger partial charge in [-0.25, -0.2) is 0 Å². The maximum Gasteiger partial charge on any atom is 0.220 e. The number of aliphatic hydroxyl groups is 1. The van der Waals surface area contributed by atoms with Gasteiger partial charge in [0.1, 0.15) is 0 Å². The number of primary amides is 1. The Morgan fingerprint density at radius 3 is 2.92 bits per heavy atom. The highest BCUT2D eigenvalue weighted by atomic mass is 35.5. The summed E-state index contributed by atoms with van der Waals surface area (Å²) >= 11 is 6.33. The number of amides is 1. The molecule has 1 fully saturated rings. The Kier molecular flexibility index (Phi) is 5.18. The zero-order valence-corrected chi connectivity index (χ0v) is 14.3. The molecule has 0 aromatic heterocycles. The van der Waals surface area contributed by atoms with Crippen LogP contribution in [-0.4, -0.2) is 47.8 Å². The largest absolute Gasteiger partial charge is 0.489 e. The van der Waals surface area contributed by atoms with Gasteiger partial charge in [0.2, 0.25) is 5.91 Å². The Hall–Kier alpha value is -1.50. The van der Waals surface area contributed by atoms with Crippen molar-refractivity contribution in [1.82, 2.24) is 4.90 Å². The molecule has 1 atom stereocenters. The molecule has 1 aromatic rings. The van der Waals surface area contributed by atoms with Crippen molar-refractivity contribution in [2.75, 3.05) is 26.3 Å². The normalized spacial score (nSPS) is 24.4. The van der Waals surface area contributed by atoms with Crippen molar-refractivity contribution in [1.29, 1.82) is 0 Å². The summed E-state index contributed by atoms with van der Waals surface area (Å²) in [5.41, 5.74) is 5.20. The lowest BCUT2D eigenvalue weighted by Gasteiger charge is -2.38. The minimum Gasteiger partial charge on any atom is -0.489 e. The summed E-state index contributed by atoms with van der Waals surface area (Å²) in [5.74, 6) is 0.791. The van der Waals surface area contributed by atoms with Crippen molar-refractivity contribution < 1.29 is 19.4 Å². The molecule has 0 aliphatic carbocycles. The molecule has 2 aliphatic rings. The average molecular weight is 355 g/mol. The lowest BCUT2D eigenvalue weighted by Crippen LogP contribution is -2.49. The molecular weight excluding hydrogens is 332 g/mol. The Morgan fingerprint density at radius 2 is 2.12 bits per heavy atom. The first-order chi connectivity index (χ1) is 11.5. The molecule has 3 rings (SSSR count). The van der Waals surface area contributed by atoms with E-state index in [9.17, 15) is 9.90 Å². The van der Waals surface area contributed by atoms with Crippen molar-refractivity contribution in [3.05, 3.63) is 22.7 Å². The van der Waals surface area contributed by atoms with Gasteiger partial charge in [-0.1, -0.05) is 11.6 Å². The number of fused-ring (bicyclic) bond motifs is 1. The average Bonchev–Trinajstić information content (AvgIpc) is 2.71. The number of carbonyl (C=O) groups is 1. The highest BCUT2D eigenvalue weighted by molar-refractivity contribution is 6.32. The SMILES string of the molecule is NC(=O)CC1(O)CCCN(Cc2cc(Cl)c3c(c2)OCCCO3)C1. The molecule has 0 bridgehead atoms. The van der Waals surface area contributed by atoms with E-state index >= 15 is 0 Å². The number of halogens is 1. The zero-order valence-electron chi connectivity index (χ0n) is 13.6. The first kappa shape index (κ1) is 17.3. The van der Waals surface area contributed by atoms with Crippen LogP contribution in [0.4, 0.5) is 0 Å². The number of piperidine rings is 1. The van der Waals surface area contributed by atoms with E-state index in [2.05, 4.69) is 4.90 Å². The fourth-order valence-corrected chi connectivity index (χ4v) is 3.73. The second-order valence-corrected chi connectivity index (χ2v) is 7.04. The van der Waals surface area contributed by atoms with E-state index in [-0.39, 0.29) is 6.42 Å². The van der Waals surface area contributed by atoms with E-state index in [1.54, 1.807) is 0 Å². The molecule has 1 aromatic carbocycles. The molecule has 0 saturated carbocycles. The Balaban J connectivity index is 1.72. The molecule has 6 nitrogen and oxygen atoms in total. The van der Waals surface area contributed by atoms with Crippen molar-refractivity contribution in [3.63, 3.8) is 0 Å². The second-order valence-electron chi connectivity index (χ2n) is 6.64. The van der Waals surface area contributed by atoms with Gasteiger partial charge < -0.3 is 20.3 Å². The number of hydrogen-bond acceptors (Lipinski definition) is 5. The standard InChI is InChI=1S/C17H23ClN2O4/c18-13-7-12(8-14-16(13)24-6-2-5-23-14)10-20-4-1-3-17(22,11-20)9-15(19)21/h7-8,22H,1-6,9-11H2,(H2,19,21). The van der Waals surface area contributed by atoms with Crippen LogP contribution >= 0.6 is 11.6 Å². The minimum absolute atomic E-state index is 0.00854. The molecule has 24 heavy (non-hydrogen) atoms. The first-order valence-electron chi connectivity index (χ1n) is 8.26. The summed E-state index contributed by atoms with van der Waals surface area (Å²) in [6, 6.07) is 3.81. The fourth-order valence-electron chi connectivity index (χ4n) is 3.44. The van der Waals surface area contributed by atoms with Crippen LogP contribution in [0.1, 0.15) is 31.2 Å². The van der Waals surface area contributed by atoms with Gasteiger partial charge in [-0.3, -0.25) is 9.69 Å². The number of likely N-dealkylation sites (tertiary alicyclic amines) is 1. The van der Waals surface area contributed by atoms with E-state index in [4.69, 9.17) is 26.8 Å². The topological polar surface area (TPSA) is 85.0 Å². The van der Waals surface area contributed by atoms with E-state index in [0.717, 1.165) is 24.9 Å². The van der Waals surface area contributed by atoms with Gasteiger partial charge in [-0.15, -0.1) is 0 Å². The first-order valence-corrected chi connectivity index (χ1v) is 8.64. The Bertz CT molecular complexity index is 625. The van der Waals surface area contributed by atoms with Crippen LogP contribution in [0.2, 0.25) is 5.02 Å². The van der Waals surface area contributed by atoms with Gasteiger partial charge in [-0.2, -0.15) is 0 Å². The number of benzene rings is 1. The van der Waals surface area contributed by atoms with Crippen molar-refractivity contribution in [2.24, 2.45) is 5.73 Å². The minimum atomic E-state index is -1.04. The van der Waals surface area contributed by atoms with Crippen molar-refractivity contribution in [3.8, 4) is 11.5 Å². The van der Waals surface area contributed by atoms with E-state index in [1.165, 1.54) is 0 Å². The van der Waals surface area contributed by atoms with Crippen molar-refractivity contribution in [2.45, 2.75) is 37.8 Å². The quantitative estimate of drug-likeness (QED) is 0.859. The molecule has 2 aliphatic heterocycles. The smallest absolute Gasteiger partial charge is 0.220 e. The highest BCUT2D eigenvalue weighted by Gasteiger charge is 2.34. The van der Waals surface area contributed by atoms with Gasteiger partial charge in [0.05, 0.1) is 30.3 Å². The molecule has 1 unspecified atom stereocenters. The predicted octanol–water partition coefficient (Wildman–Crippen LogP) is 1.70. The summed E-state index contributed by atoms with van der Waals surface area (Å²) in [4.78, 5) is 13.3. The predicted molar refractivity (Wildman–Crippen MR) is 90.3 cm³/mol. The molecule has 3 N–H and O–H groups in total. The number of ether oxygens (including phenoxy) is 2. The third-order valence-electron chi connectivity index (χ3n) is 4.41. The molecule has 7 heteroatoms. The molecule has 1 saturated heterocycles. The Labute approximate surface area is 146 Å².